The Morgan fingerprint density at radius 1 is 0.259 bits per heavy atom. The molecule has 0 unspecified atom stereocenters. The van der Waals surface area contributed by atoms with Crippen molar-refractivity contribution in [2.75, 3.05) is 63.4 Å². The molecular formula is C62H88N2Na2O42. The number of carbonyl (C=O) groups excluding carboxylic acids is 2. The van der Waals surface area contributed by atoms with Crippen LogP contribution >= 0.6 is 0 Å². The van der Waals surface area contributed by atoms with Gasteiger partial charge in [-0.25, -0.2) is 0 Å². The van der Waals surface area contributed by atoms with Gasteiger partial charge in [-0.2, -0.15) is 0 Å². The minimum atomic E-state index is -2.36. The summed E-state index contributed by atoms with van der Waals surface area (Å²) in [6, 6.07) is 10.4. The molecule has 2 aromatic carbocycles. The number of rotatable bonds is 14. The number of aliphatic hydroxyl groups is 22. The summed E-state index contributed by atoms with van der Waals surface area (Å²) in [7, 11) is 0. The fraction of sp³-hybridized carbons (Fsp3) is 0.774. The van der Waals surface area contributed by atoms with Crippen molar-refractivity contribution >= 4 is 23.3 Å². The van der Waals surface area contributed by atoms with Crippen LogP contribution in [0.5, 0.6) is 0 Å². The summed E-state index contributed by atoms with van der Waals surface area (Å²) in [6.45, 7) is -8.09. The number of anilines is 2. The van der Waals surface area contributed by atoms with Gasteiger partial charge in [0.2, 0.25) is 0 Å². The molecule has 30 aliphatic rings. The summed E-state index contributed by atoms with van der Waals surface area (Å²) in [5.41, 5.74) is -1.10. The van der Waals surface area contributed by atoms with Crippen LogP contribution in [0.15, 0.2) is 48.5 Å². The maximum absolute atomic E-state index is 12.2. The van der Waals surface area contributed by atoms with E-state index in [9.17, 15) is 132 Å². The molecule has 30 aliphatic heterocycles. The molecule has 32 rings (SSSR count). The Labute approximate surface area is 655 Å². The molecular weight excluding hydrogens is 1490 g/mol. The molecule has 0 spiro atoms. The Hall–Kier alpha value is -2.54. The van der Waals surface area contributed by atoms with E-state index in [1.165, 1.54) is 36.4 Å². The number of carboxylic acid groups (broad SMARTS) is 2. The van der Waals surface area contributed by atoms with Crippen LogP contribution in [0.25, 0.3) is 0 Å². The second kappa shape index (κ2) is 38.9. The Kier molecular flexibility index (Phi) is 32.2. The van der Waals surface area contributed by atoms with E-state index in [4.69, 9.17) is 75.8 Å². The monoisotopic (exact) mass is 1580 g/mol. The van der Waals surface area contributed by atoms with Crippen LogP contribution < -0.4 is 80.0 Å². The van der Waals surface area contributed by atoms with Crippen molar-refractivity contribution in [3.05, 3.63) is 59.7 Å². The van der Waals surface area contributed by atoms with Crippen molar-refractivity contribution in [2.45, 2.75) is 246 Å². The zero-order valence-corrected chi connectivity index (χ0v) is 61.4. The van der Waals surface area contributed by atoms with Crippen molar-refractivity contribution < 1.29 is 267 Å². The van der Waals surface area contributed by atoms with Crippen LogP contribution in [0.4, 0.5) is 11.4 Å². The van der Waals surface area contributed by atoms with Gasteiger partial charge in [-0.15, -0.1) is 0 Å². The quantitative estimate of drug-likeness (QED) is 0.0781. The Balaban J connectivity index is 0.00000673. The van der Waals surface area contributed by atoms with Crippen LogP contribution in [-0.4, -0.2) is 423 Å². The second-order valence-corrected chi connectivity index (χ2v) is 26.5. The number of hydrogen-bond acceptors (Lipinski definition) is 44. The molecule has 30 fully saturated rings. The molecule has 600 valence electrons. The molecule has 0 amide bonds. The zero-order chi connectivity index (χ0) is 76.6. The number of aromatic carboxylic acids is 2. The summed E-state index contributed by atoms with van der Waals surface area (Å²) < 4.78 is 94.0. The molecule has 108 heavy (non-hydrogen) atoms. The molecule has 0 radical (unpaired) electrons. The fourth-order valence-electron chi connectivity index (χ4n) is 14.0. The van der Waals surface area contributed by atoms with E-state index in [-0.39, 0.29) is 70.5 Å². The predicted octanol–water partition coefficient (Wildman–Crippen LogP) is -22.4. The van der Waals surface area contributed by atoms with Crippen molar-refractivity contribution in [2.24, 2.45) is 0 Å². The molecule has 30 saturated heterocycles. The van der Waals surface area contributed by atoms with Gasteiger partial charge >= 0.3 is 59.1 Å². The SMILES string of the molecule is O=C([O-])c1ccccc1NC[C@H]1O[C@@H]2O[C@H]3[C@@H](O)[C@H](O)[C@@H](O[C@H]4[C@@H](O)[C@H](O)[C@@H](O[C@H]5[C@H](O)[C@@H](O)[C@@H](O[C@H]6[C@H](O)[C@@H](O)[C@@H](O[C@H]7[C@H](O)[C@@H](O)[C@@H](O[C@H]8[C@H](O)[C@@H](O)[C@@H](O[C@H]9[C@@H](O)[C@H](O)[C@@H](O[C@H]1[C@H](O)[C@@H]2O)O[C@@H]9CO)O[C@@H]8CNc1ccccc1C(=O)[O-])O[C@@H]7CO)O[C@@H]6CO)O[C@@H]5CO)O[C@@H]4CO)O[C@@H]3CO.[Na+].[Na+]. The molecule has 24 N–H and O–H groups in total. The van der Waals surface area contributed by atoms with Crippen LogP contribution in [0.1, 0.15) is 20.7 Å². The summed E-state index contributed by atoms with van der Waals surface area (Å²) in [5.74, 6) is -3.35. The third-order valence-electron chi connectivity index (χ3n) is 19.8. The normalized spacial score (nSPS) is 46.9. The van der Waals surface area contributed by atoms with E-state index in [1.54, 1.807) is 0 Å². The van der Waals surface area contributed by atoms with Crippen molar-refractivity contribution in [1.82, 2.24) is 0 Å². The maximum atomic E-state index is 12.2. The minimum absolute atomic E-state index is 0. The van der Waals surface area contributed by atoms with Gasteiger partial charge in [0.15, 0.2) is 50.3 Å². The Morgan fingerprint density at radius 3 is 0.583 bits per heavy atom. The van der Waals surface area contributed by atoms with Gasteiger partial charge in [0.1, 0.15) is 195 Å². The average Bonchev–Trinajstić information content (AvgIpc) is 0.781. The number of carboxylic acids is 2. The second-order valence-electron chi connectivity index (χ2n) is 26.5. The standard InChI is InChI=1S/C62H90N2O42.2Na/c65-11-23-47-31(73)39(81)57(93-23)99-45-21(9-63-19-7-3-1-5-17(19)53(87)88)92-56(38(80)30(45)72)102-48-24(12-66)95-59(41(83)33(48)75)104-50-26(14-68)97-61(43(85)35(50)77)106-52-28(16-70)98-62(44(86)36(52)78)105-51-27(15-69)96-60(42(84)34(51)76)103-49-25(13-67)94-58(40(82)32(49)74)100-46-22(91-55(101-47)37(79)29(46)71)10-64-20-8-4-2-6-18(20)54(89)90;;/h1-8,21-52,55-86H,9-16H2,(H,87,88)(H,89,90);;/q;2*+1/p-2/t21-,22-,23-,24-,25-,26-,27-,28-,29-,30-,31+,32-,33+,34-,35+,36-,37-,38+,39+,40-,41+,42-,43+,44-,45-,46-,47-,48-,49-,50-,51-,52-,55-,56-,57-,58-,59-,60-,61-,62-;;/m1../s1. The van der Waals surface area contributed by atoms with Gasteiger partial charge in [-0.3, -0.25) is 0 Å². The Morgan fingerprint density at radius 2 is 0.417 bits per heavy atom. The summed E-state index contributed by atoms with van der Waals surface area (Å²) in [4.78, 5) is 24.4. The first kappa shape index (κ1) is 89.4. The molecule has 30 heterocycles. The van der Waals surface area contributed by atoms with E-state index in [0.29, 0.717) is 0 Å². The summed E-state index contributed by atoms with van der Waals surface area (Å²) >= 11 is 0. The van der Waals surface area contributed by atoms with Crippen molar-refractivity contribution in [3.63, 3.8) is 0 Å². The number of ether oxygens (including phenoxy) is 16. The molecule has 46 heteroatoms. The van der Waals surface area contributed by atoms with E-state index < -0.39 is 321 Å². The van der Waals surface area contributed by atoms with E-state index in [1.807, 2.05) is 0 Å². The smallest absolute Gasteiger partial charge is 0.545 e. The number of carbonyl (C=O) groups is 2. The molecule has 44 nitrogen and oxygen atoms in total. The van der Waals surface area contributed by atoms with Crippen molar-refractivity contribution in [1.29, 1.82) is 0 Å². The molecule has 0 saturated carbocycles. The number of para-hydroxylation sites is 2. The van der Waals surface area contributed by atoms with E-state index in [2.05, 4.69) is 10.6 Å². The number of hydrogen-bond donors (Lipinski definition) is 24. The molecule has 0 aromatic heterocycles. The molecule has 0 aliphatic carbocycles. The number of aliphatic hydroxyl groups excluding tert-OH is 22. The van der Waals surface area contributed by atoms with Gasteiger partial charge in [-0.1, -0.05) is 36.4 Å². The third kappa shape index (κ3) is 18.6. The van der Waals surface area contributed by atoms with Crippen LogP contribution in [0, 0.1) is 0 Å². The van der Waals surface area contributed by atoms with Crippen LogP contribution in [-0.2, 0) is 75.8 Å². The van der Waals surface area contributed by atoms with Gasteiger partial charge in [0.05, 0.1) is 51.6 Å². The zero-order valence-electron chi connectivity index (χ0n) is 57.4. The molecule has 40 atom stereocenters. The number of benzene rings is 2. The van der Waals surface area contributed by atoms with Crippen LogP contribution in [0.3, 0.4) is 0 Å². The van der Waals surface area contributed by atoms with E-state index >= 15 is 0 Å². The first-order chi connectivity index (χ1) is 50.6. The van der Waals surface area contributed by atoms with Gasteiger partial charge in [0, 0.05) is 35.6 Å². The average molecular weight is 1580 g/mol. The van der Waals surface area contributed by atoms with Crippen molar-refractivity contribution in [3.8, 4) is 0 Å². The van der Waals surface area contributed by atoms with E-state index in [0.717, 1.165) is 12.1 Å². The number of nitrogens with one attached hydrogen (secondary N) is 2. The largest absolute Gasteiger partial charge is 1.00 e. The van der Waals surface area contributed by atoms with Crippen LogP contribution in [0.2, 0.25) is 0 Å². The van der Waals surface area contributed by atoms with Gasteiger partial charge in [-0.05, 0) is 12.1 Å². The predicted molar refractivity (Wildman–Crippen MR) is 325 cm³/mol. The van der Waals surface area contributed by atoms with Gasteiger partial charge in [0.25, 0.3) is 0 Å². The first-order valence-corrected chi connectivity index (χ1v) is 33.7. The summed E-state index contributed by atoms with van der Waals surface area (Å²) in [5, 5.41) is 281. The maximum Gasteiger partial charge on any atom is 1.00 e. The molecule has 2 aromatic rings. The molecule has 16 bridgehead atoms. The Bertz CT molecular complexity index is 3100. The van der Waals surface area contributed by atoms with Gasteiger partial charge < -0.3 is 219 Å². The minimum Gasteiger partial charge on any atom is -0.545 e. The third-order valence-corrected chi connectivity index (χ3v) is 19.8. The topological polar surface area (TPSA) is 697 Å². The first-order valence-electron chi connectivity index (χ1n) is 33.7. The summed E-state index contributed by atoms with van der Waals surface area (Å²) in [6.07, 6.45) is -84.7. The fourth-order valence-corrected chi connectivity index (χ4v) is 14.0.